The summed E-state index contributed by atoms with van der Waals surface area (Å²) in [6, 6.07) is 16.4. The molecule has 2 saturated heterocycles. The maximum atomic E-state index is 12.5. The van der Waals surface area contributed by atoms with E-state index in [0.717, 1.165) is 29.7 Å². The van der Waals surface area contributed by atoms with Gasteiger partial charge in [0.1, 0.15) is 11.5 Å². The number of hydrogen-bond acceptors (Lipinski definition) is 4. The van der Waals surface area contributed by atoms with Gasteiger partial charge in [-0.3, -0.25) is 4.79 Å². The standard InChI is InChI=1S/C21H20N2O3/c24-21(23-17-12-15-6-7-16(17)22-15)20-9-8-19(26-20)14-4-1-3-13(11-14)18-5-2-10-25-18/h1-5,8-11,15-17,22H,6-7,12H2,(H,23,24)/t15-,16+,17-/m1/s1. The van der Waals surface area contributed by atoms with Gasteiger partial charge in [0, 0.05) is 29.3 Å². The molecule has 0 unspecified atom stereocenters. The number of carbonyl (C=O) groups is 1. The normalized spacial score (nSPS) is 24.1. The molecule has 2 fully saturated rings. The Kier molecular flexibility index (Phi) is 3.68. The van der Waals surface area contributed by atoms with E-state index in [1.165, 1.54) is 6.42 Å². The fourth-order valence-corrected chi connectivity index (χ4v) is 4.11. The summed E-state index contributed by atoms with van der Waals surface area (Å²) in [6.07, 6.45) is 5.02. The fourth-order valence-electron chi connectivity index (χ4n) is 4.11. The fraction of sp³-hybridized carbons (Fsp3) is 0.286. The first kappa shape index (κ1) is 15.5. The Morgan fingerprint density at radius 1 is 1.04 bits per heavy atom. The van der Waals surface area contributed by atoms with E-state index in [0.29, 0.717) is 23.6 Å². The van der Waals surface area contributed by atoms with Crippen molar-refractivity contribution in [3.8, 4) is 22.6 Å². The third-order valence-corrected chi connectivity index (χ3v) is 5.40. The van der Waals surface area contributed by atoms with Gasteiger partial charge in [0.05, 0.1) is 6.26 Å². The van der Waals surface area contributed by atoms with Crippen LogP contribution in [-0.2, 0) is 0 Å². The Bertz CT molecular complexity index is 928. The monoisotopic (exact) mass is 348 g/mol. The molecule has 132 valence electrons. The second-order valence-electron chi connectivity index (χ2n) is 7.09. The number of carbonyl (C=O) groups excluding carboxylic acids is 1. The van der Waals surface area contributed by atoms with Crippen LogP contribution in [0.3, 0.4) is 0 Å². The number of hydrogen-bond donors (Lipinski definition) is 2. The van der Waals surface area contributed by atoms with E-state index >= 15 is 0 Å². The minimum atomic E-state index is -0.141. The third-order valence-electron chi connectivity index (χ3n) is 5.40. The summed E-state index contributed by atoms with van der Waals surface area (Å²) in [4.78, 5) is 12.5. The molecule has 3 atom stereocenters. The number of nitrogens with one attached hydrogen (secondary N) is 2. The Balaban J connectivity index is 1.34. The van der Waals surface area contributed by atoms with E-state index in [1.807, 2.05) is 42.5 Å². The number of benzene rings is 1. The Morgan fingerprint density at radius 3 is 2.65 bits per heavy atom. The van der Waals surface area contributed by atoms with E-state index in [1.54, 1.807) is 12.3 Å². The lowest BCUT2D eigenvalue weighted by atomic mass is 9.95. The Hall–Kier alpha value is -2.79. The van der Waals surface area contributed by atoms with E-state index in [-0.39, 0.29) is 11.9 Å². The van der Waals surface area contributed by atoms with Crippen molar-refractivity contribution in [2.45, 2.75) is 37.4 Å². The zero-order valence-corrected chi connectivity index (χ0v) is 14.3. The van der Waals surface area contributed by atoms with E-state index in [9.17, 15) is 4.79 Å². The molecule has 1 amide bonds. The van der Waals surface area contributed by atoms with Crippen molar-refractivity contribution >= 4 is 5.91 Å². The van der Waals surface area contributed by atoms with Crippen molar-refractivity contribution in [3.63, 3.8) is 0 Å². The second-order valence-corrected chi connectivity index (χ2v) is 7.09. The first-order valence-corrected chi connectivity index (χ1v) is 9.07. The first-order valence-electron chi connectivity index (χ1n) is 9.07. The largest absolute Gasteiger partial charge is 0.464 e. The third kappa shape index (κ3) is 2.74. The lowest BCUT2D eigenvalue weighted by Gasteiger charge is -2.20. The van der Waals surface area contributed by atoms with Gasteiger partial charge in [-0.05, 0) is 49.6 Å². The highest BCUT2D eigenvalue weighted by Crippen LogP contribution is 2.30. The van der Waals surface area contributed by atoms with Gasteiger partial charge in [-0.2, -0.15) is 0 Å². The van der Waals surface area contributed by atoms with Crippen LogP contribution < -0.4 is 10.6 Å². The highest BCUT2D eigenvalue weighted by molar-refractivity contribution is 5.92. The summed E-state index contributed by atoms with van der Waals surface area (Å²) in [5.74, 6) is 1.69. The van der Waals surface area contributed by atoms with Crippen LogP contribution in [0.2, 0.25) is 0 Å². The second kappa shape index (κ2) is 6.18. The molecule has 2 bridgehead atoms. The summed E-state index contributed by atoms with van der Waals surface area (Å²) in [7, 11) is 0. The van der Waals surface area contributed by atoms with Crippen LogP contribution in [0.15, 0.2) is 63.6 Å². The van der Waals surface area contributed by atoms with Crippen molar-refractivity contribution in [2.75, 3.05) is 0 Å². The van der Waals surface area contributed by atoms with E-state index < -0.39 is 0 Å². The van der Waals surface area contributed by atoms with Crippen molar-refractivity contribution in [1.82, 2.24) is 10.6 Å². The summed E-state index contributed by atoms with van der Waals surface area (Å²) in [5, 5.41) is 6.65. The minimum absolute atomic E-state index is 0.141. The number of rotatable bonds is 4. The van der Waals surface area contributed by atoms with Gasteiger partial charge in [-0.1, -0.05) is 18.2 Å². The van der Waals surface area contributed by atoms with Crippen molar-refractivity contribution in [2.24, 2.45) is 0 Å². The average molecular weight is 348 g/mol. The van der Waals surface area contributed by atoms with Gasteiger partial charge in [-0.15, -0.1) is 0 Å². The zero-order valence-electron chi connectivity index (χ0n) is 14.3. The highest BCUT2D eigenvalue weighted by Gasteiger charge is 2.39. The maximum Gasteiger partial charge on any atom is 0.287 e. The molecule has 2 aliphatic rings. The van der Waals surface area contributed by atoms with Crippen LogP contribution in [0.5, 0.6) is 0 Å². The average Bonchev–Trinajstić information content (AvgIpc) is 3.46. The van der Waals surface area contributed by atoms with Gasteiger partial charge >= 0.3 is 0 Å². The van der Waals surface area contributed by atoms with Crippen molar-refractivity contribution in [1.29, 1.82) is 0 Å². The molecule has 1 aromatic carbocycles. The van der Waals surface area contributed by atoms with Gasteiger partial charge < -0.3 is 19.5 Å². The molecule has 2 aliphatic heterocycles. The molecular formula is C21H20N2O3. The van der Waals surface area contributed by atoms with Gasteiger partial charge in [0.2, 0.25) is 0 Å². The quantitative estimate of drug-likeness (QED) is 0.752. The Morgan fingerprint density at radius 2 is 1.92 bits per heavy atom. The van der Waals surface area contributed by atoms with Crippen LogP contribution in [0.1, 0.15) is 29.8 Å². The predicted octanol–water partition coefficient (Wildman–Crippen LogP) is 3.83. The molecular weight excluding hydrogens is 328 g/mol. The smallest absolute Gasteiger partial charge is 0.287 e. The summed E-state index contributed by atoms with van der Waals surface area (Å²) in [6.45, 7) is 0. The molecule has 26 heavy (non-hydrogen) atoms. The summed E-state index contributed by atoms with van der Waals surface area (Å²) in [5.41, 5.74) is 1.89. The van der Waals surface area contributed by atoms with Crippen molar-refractivity contribution < 1.29 is 13.6 Å². The molecule has 5 nitrogen and oxygen atoms in total. The predicted molar refractivity (Wildman–Crippen MR) is 97.7 cm³/mol. The number of fused-ring (bicyclic) bond motifs is 2. The number of amides is 1. The first-order chi connectivity index (χ1) is 12.8. The van der Waals surface area contributed by atoms with Crippen LogP contribution in [0.25, 0.3) is 22.6 Å². The van der Waals surface area contributed by atoms with Crippen LogP contribution in [0.4, 0.5) is 0 Å². The topological polar surface area (TPSA) is 67.4 Å². The molecule has 0 spiro atoms. The molecule has 4 heterocycles. The maximum absolute atomic E-state index is 12.5. The summed E-state index contributed by atoms with van der Waals surface area (Å²) >= 11 is 0. The molecule has 5 heteroatoms. The molecule has 2 aromatic heterocycles. The minimum Gasteiger partial charge on any atom is -0.464 e. The zero-order chi connectivity index (χ0) is 17.5. The molecule has 0 aliphatic carbocycles. The van der Waals surface area contributed by atoms with Crippen molar-refractivity contribution in [3.05, 3.63) is 60.6 Å². The van der Waals surface area contributed by atoms with E-state index in [4.69, 9.17) is 8.83 Å². The van der Waals surface area contributed by atoms with Gasteiger partial charge in [0.15, 0.2) is 5.76 Å². The van der Waals surface area contributed by atoms with Gasteiger partial charge in [0.25, 0.3) is 5.91 Å². The Labute approximate surface area is 151 Å². The van der Waals surface area contributed by atoms with Crippen LogP contribution >= 0.6 is 0 Å². The number of furan rings is 2. The molecule has 0 saturated carbocycles. The molecule has 2 N–H and O–H groups in total. The SMILES string of the molecule is O=C(N[C@@H]1C[C@H]2CC[C@@H]1N2)c1ccc(-c2cccc(-c3ccco3)c2)o1. The van der Waals surface area contributed by atoms with Crippen LogP contribution in [0, 0.1) is 0 Å². The molecule has 3 aromatic rings. The summed E-state index contributed by atoms with van der Waals surface area (Å²) < 4.78 is 11.3. The molecule has 5 rings (SSSR count). The lowest BCUT2D eigenvalue weighted by Crippen LogP contribution is -2.42. The van der Waals surface area contributed by atoms with Gasteiger partial charge in [-0.25, -0.2) is 0 Å². The van der Waals surface area contributed by atoms with E-state index in [2.05, 4.69) is 10.6 Å². The molecule has 0 radical (unpaired) electrons. The van der Waals surface area contributed by atoms with Crippen LogP contribution in [-0.4, -0.2) is 24.0 Å². The lowest BCUT2D eigenvalue weighted by molar-refractivity contribution is 0.0903. The highest BCUT2D eigenvalue weighted by atomic mass is 16.4.